The van der Waals surface area contributed by atoms with Gasteiger partial charge in [-0.3, -0.25) is 19.2 Å². The van der Waals surface area contributed by atoms with Gasteiger partial charge < -0.3 is 20.9 Å². The number of carbonyl (C=O) groups is 2. The molecule has 2 fully saturated rings. The summed E-state index contributed by atoms with van der Waals surface area (Å²) in [5.41, 5.74) is 4.33. The fraction of sp³-hybridized carbons (Fsp3) is 0.346. The molecule has 39 heavy (non-hydrogen) atoms. The van der Waals surface area contributed by atoms with Crippen molar-refractivity contribution in [2.45, 2.75) is 43.2 Å². The van der Waals surface area contributed by atoms with Crippen molar-refractivity contribution in [2.75, 3.05) is 18.1 Å². The van der Waals surface area contributed by atoms with Gasteiger partial charge in [0.25, 0.3) is 11.8 Å². The lowest BCUT2D eigenvalue weighted by Crippen LogP contribution is -2.52. The van der Waals surface area contributed by atoms with Crippen LogP contribution in [0.3, 0.4) is 0 Å². The molecule has 3 heterocycles. The number of hydrogen-bond acceptors (Lipinski definition) is 6. The summed E-state index contributed by atoms with van der Waals surface area (Å²) in [7, 11) is 0. The summed E-state index contributed by atoms with van der Waals surface area (Å²) in [6, 6.07) is 7.43. The highest BCUT2D eigenvalue weighted by molar-refractivity contribution is 6.30. The molecule has 2 amide bonds. The van der Waals surface area contributed by atoms with Crippen molar-refractivity contribution in [1.29, 1.82) is 0 Å². The Labute approximate surface area is 226 Å². The minimum absolute atomic E-state index is 0.0349. The number of benzene rings is 2. The van der Waals surface area contributed by atoms with E-state index in [1.54, 1.807) is 16.9 Å². The Morgan fingerprint density at radius 3 is 2.74 bits per heavy atom. The molecular formula is C26H25ClF3N5O4. The van der Waals surface area contributed by atoms with E-state index in [4.69, 9.17) is 22.1 Å². The number of aliphatic hydroxyl groups is 1. The Balaban J connectivity index is 1.23. The summed E-state index contributed by atoms with van der Waals surface area (Å²) in [6.07, 6.45) is 0.945. The fourth-order valence-electron chi connectivity index (χ4n) is 4.93. The molecule has 1 aromatic heterocycles. The zero-order valence-electron chi connectivity index (χ0n) is 20.5. The second kappa shape index (κ2) is 10.6. The first-order valence-corrected chi connectivity index (χ1v) is 12.6. The van der Waals surface area contributed by atoms with Gasteiger partial charge in [0.1, 0.15) is 23.6 Å². The smallest absolute Gasteiger partial charge is 0.270 e. The van der Waals surface area contributed by atoms with E-state index in [9.17, 15) is 27.9 Å². The van der Waals surface area contributed by atoms with Crippen LogP contribution in [0.15, 0.2) is 48.7 Å². The number of nitrogens with one attached hydrogen (secondary N) is 1. The molecule has 9 nitrogen and oxygen atoms in total. The molecule has 0 bridgehead atoms. The molecule has 0 saturated carbocycles. The maximum Gasteiger partial charge on any atom is 0.270 e. The molecule has 2 saturated heterocycles. The van der Waals surface area contributed by atoms with E-state index in [0.717, 1.165) is 24.3 Å². The van der Waals surface area contributed by atoms with E-state index in [2.05, 4.69) is 10.4 Å². The number of hydrogen-bond donors (Lipinski definition) is 3. The molecule has 2 aliphatic rings. The molecule has 4 atom stereocenters. The summed E-state index contributed by atoms with van der Waals surface area (Å²) in [6.45, 7) is 0.00989. The van der Waals surface area contributed by atoms with Gasteiger partial charge in [-0.1, -0.05) is 11.6 Å². The van der Waals surface area contributed by atoms with Crippen molar-refractivity contribution in [3.63, 3.8) is 0 Å². The molecule has 13 heteroatoms. The number of carbonyl (C=O) groups excluding carboxylic acids is 2. The van der Waals surface area contributed by atoms with Crippen LogP contribution >= 0.6 is 11.6 Å². The molecule has 0 spiro atoms. The standard InChI is InChI=1S/C26H25ClF3N5O4/c27-15-7-14(8-17(29)9-15)12-32-24(36)26(38)4-6-34(25(26)37)22-3-5-35(33-22)18-11-21(31)23(39-13-18)19-10-16(28)1-2-20(19)30/h1-3,5,7-10,18,21,23,38H,4,6,11-13,31H2,(H,32,36)/t18?,21-,23+,26-/m0/s1. The number of rotatable bonds is 6. The van der Waals surface area contributed by atoms with Gasteiger partial charge in [0.05, 0.1) is 12.6 Å². The van der Waals surface area contributed by atoms with Crippen LogP contribution < -0.4 is 16.0 Å². The van der Waals surface area contributed by atoms with Crippen LogP contribution in [0.2, 0.25) is 5.02 Å². The minimum Gasteiger partial charge on any atom is -0.372 e. The molecule has 0 aliphatic carbocycles. The van der Waals surface area contributed by atoms with Crippen LogP contribution in [-0.2, 0) is 20.9 Å². The molecule has 2 aromatic carbocycles. The average molecular weight is 564 g/mol. The van der Waals surface area contributed by atoms with Gasteiger partial charge in [-0.15, -0.1) is 0 Å². The first-order chi connectivity index (χ1) is 18.5. The fourth-order valence-corrected chi connectivity index (χ4v) is 5.18. The van der Waals surface area contributed by atoms with E-state index in [1.165, 1.54) is 17.0 Å². The molecule has 0 radical (unpaired) electrons. The maximum absolute atomic E-state index is 14.2. The van der Waals surface area contributed by atoms with Gasteiger partial charge in [-0.25, -0.2) is 13.2 Å². The zero-order valence-corrected chi connectivity index (χ0v) is 21.2. The summed E-state index contributed by atoms with van der Waals surface area (Å²) >= 11 is 5.83. The van der Waals surface area contributed by atoms with Crippen LogP contribution in [-0.4, -0.2) is 51.5 Å². The van der Waals surface area contributed by atoms with Crippen molar-refractivity contribution >= 4 is 29.2 Å². The van der Waals surface area contributed by atoms with E-state index in [0.29, 0.717) is 12.0 Å². The lowest BCUT2D eigenvalue weighted by Gasteiger charge is -2.34. The highest BCUT2D eigenvalue weighted by Crippen LogP contribution is 2.34. The van der Waals surface area contributed by atoms with Crippen molar-refractivity contribution in [1.82, 2.24) is 15.1 Å². The highest BCUT2D eigenvalue weighted by atomic mass is 35.5. The van der Waals surface area contributed by atoms with Crippen LogP contribution in [0, 0.1) is 17.5 Å². The summed E-state index contributed by atoms with van der Waals surface area (Å²) in [5.74, 6) is -3.33. The van der Waals surface area contributed by atoms with Crippen LogP contribution in [0.25, 0.3) is 0 Å². The van der Waals surface area contributed by atoms with E-state index < -0.39 is 47.0 Å². The first-order valence-electron chi connectivity index (χ1n) is 12.2. The summed E-state index contributed by atoms with van der Waals surface area (Å²) in [5, 5.41) is 17.9. The highest BCUT2D eigenvalue weighted by Gasteiger charge is 2.52. The van der Waals surface area contributed by atoms with Crippen LogP contribution in [0.4, 0.5) is 19.0 Å². The van der Waals surface area contributed by atoms with Crippen molar-refractivity contribution in [2.24, 2.45) is 5.73 Å². The lowest BCUT2D eigenvalue weighted by molar-refractivity contribution is -0.149. The van der Waals surface area contributed by atoms with Crippen molar-refractivity contribution in [3.8, 4) is 0 Å². The minimum atomic E-state index is -2.32. The molecule has 5 rings (SSSR count). The number of anilines is 1. The number of halogens is 4. The molecule has 2 aliphatic heterocycles. The third-order valence-electron chi connectivity index (χ3n) is 6.96. The maximum atomic E-state index is 14.2. The Kier molecular flexibility index (Phi) is 7.38. The lowest BCUT2D eigenvalue weighted by atomic mass is 9.94. The first kappa shape index (κ1) is 27.1. The second-order valence-corrected chi connectivity index (χ2v) is 10.1. The number of aromatic nitrogens is 2. The second-order valence-electron chi connectivity index (χ2n) is 9.65. The molecule has 1 unspecified atom stereocenters. The molecule has 206 valence electrons. The van der Waals surface area contributed by atoms with Gasteiger partial charge >= 0.3 is 0 Å². The number of nitrogens with zero attached hydrogens (tertiary/aromatic N) is 3. The van der Waals surface area contributed by atoms with Crippen molar-refractivity contribution in [3.05, 3.63) is 82.3 Å². The SMILES string of the molecule is N[C@H]1CC(n2ccc(N3CC[C@](O)(C(=O)NCc4cc(F)cc(Cl)c4)C3=O)n2)CO[C@@H]1c1cc(F)ccc1F. The largest absolute Gasteiger partial charge is 0.372 e. The van der Waals surface area contributed by atoms with Crippen molar-refractivity contribution < 1.29 is 32.6 Å². The van der Waals surface area contributed by atoms with Gasteiger partial charge in [-0.2, -0.15) is 5.10 Å². The van der Waals surface area contributed by atoms with Gasteiger partial charge in [0.15, 0.2) is 5.82 Å². The summed E-state index contributed by atoms with van der Waals surface area (Å²) in [4.78, 5) is 27.0. The summed E-state index contributed by atoms with van der Waals surface area (Å²) < 4.78 is 48.7. The predicted octanol–water partition coefficient (Wildman–Crippen LogP) is 2.77. The number of amides is 2. The quantitative estimate of drug-likeness (QED) is 0.397. The van der Waals surface area contributed by atoms with E-state index in [1.807, 2.05) is 0 Å². The van der Waals surface area contributed by atoms with Crippen LogP contribution in [0.1, 0.15) is 36.1 Å². The third kappa shape index (κ3) is 5.37. The number of nitrogens with two attached hydrogens (primary N) is 1. The molecular weight excluding hydrogens is 539 g/mol. The van der Waals surface area contributed by atoms with E-state index >= 15 is 0 Å². The van der Waals surface area contributed by atoms with Gasteiger partial charge in [-0.05, 0) is 48.4 Å². The Morgan fingerprint density at radius 2 is 2.00 bits per heavy atom. The van der Waals surface area contributed by atoms with Gasteiger partial charge in [0, 0.05) is 48.4 Å². The van der Waals surface area contributed by atoms with E-state index in [-0.39, 0.29) is 48.6 Å². The van der Waals surface area contributed by atoms with Gasteiger partial charge in [0.2, 0.25) is 5.60 Å². The van der Waals surface area contributed by atoms with Crippen LogP contribution in [0.5, 0.6) is 0 Å². The molecule has 3 aromatic rings. The molecule has 4 N–H and O–H groups in total. The zero-order chi connectivity index (χ0) is 27.9. The Bertz CT molecular complexity index is 1400. The average Bonchev–Trinajstić information content (AvgIpc) is 3.49. The monoisotopic (exact) mass is 563 g/mol. The number of ether oxygens (including phenoxy) is 1. The third-order valence-corrected chi connectivity index (χ3v) is 7.18. The normalized spacial score (nSPS) is 25.2. The predicted molar refractivity (Wildman–Crippen MR) is 134 cm³/mol. The Morgan fingerprint density at radius 1 is 1.21 bits per heavy atom. The Hall–Kier alpha value is -3.45. The topological polar surface area (TPSA) is 123 Å².